The van der Waals surface area contributed by atoms with Crippen LogP contribution in [0.15, 0.2) is 71.3 Å². The van der Waals surface area contributed by atoms with Crippen LogP contribution in [0.3, 0.4) is 0 Å². The number of nitrogens with two attached hydrogens (primary N) is 1. The Labute approximate surface area is 252 Å². The van der Waals surface area contributed by atoms with Crippen molar-refractivity contribution >= 4 is 49.8 Å². The Morgan fingerprint density at radius 2 is 1.84 bits per heavy atom. The zero-order valence-corrected chi connectivity index (χ0v) is 24.2. The fourth-order valence-corrected chi connectivity index (χ4v) is 5.86. The number of thiophene rings is 1. The molecular formula is C31H24F3N5O4S. The lowest BCUT2D eigenvalue weighted by Gasteiger charge is -2.11. The predicted octanol–water partition coefficient (Wildman–Crippen LogP) is 7.18. The summed E-state index contributed by atoms with van der Waals surface area (Å²) in [4.78, 5) is 29.3. The van der Waals surface area contributed by atoms with Gasteiger partial charge in [-0.2, -0.15) is 18.3 Å². The second-order valence-corrected chi connectivity index (χ2v) is 10.9. The number of anilines is 1. The van der Waals surface area contributed by atoms with E-state index in [1.807, 2.05) is 49.4 Å². The summed E-state index contributed by atoms with van der Waals surface area (Å²) < 4.78 is 54.7. The standard InChI is InChI=1S/C31H24F3N5O4S/c1-3-39-14-22(16(2)38-39)21-13-24(31(32,33)34)36-30-25(21)26(27(44-30)28(35)40)37-29(41)23-11-10-20(43-23)15-42-19-9-8-17-6-4-5-7-18(17)12-19/h4-14H,3,15H2,1-2H3,(H2,35,40)(H,37,41). The number of aryl methyl sites for hydroxylation is 2. The number of aromatic nitrogens is 3. The van der Waals surface area contributed by atoms with E-state index in [4.69, 9.17) is 14.9 Å². The largest absolute Gasteiger partial charge is 0.486 e. The maximum atomic E-state index is 13.9. The molecule has 44 heavy (non-hydrogen) atoms. The molecule has 0 aliphatic heterocycles. The molecule has 0 fully saturated rings. The number of alkyl halides is 3. The number of fused-ring (bicyclic) bond motifs is 2. The Balaban J connectivity index is 1.34. The molecule has 0 aliphatic carbocycles. The first kappa shape index (κ1) is 28.9. The Morgan fingerprint density at radius 1 is 1.07 bits per heavy atom. The highest BCUT2D eigenvalue weighted by Crippen LogP contribution is 2.44. The Bertz CT molecular complexity index is 2060. The number of hydrogen-bond acceptors (Lipinski definition) is 7. The highest BCUT2D eigenvalue weighted by Gasteiger charge is 2.35. The van der Waals surface area contributed by atoms with E-state index < -0.39 is 23.7 Å². The maximum Gasteiger partial charge on any atom is 0.433 e. The van der Waals surface area contributed by atoms with Crippen molar-refractivity contribution in [2.24, 2.45) is 5.73 Å². The third-order valence-corrected chi connectivity index (χ3v) is 8.06. The average molecular weight is 620 g/mol. The molecule has 9 nitrogen and oxygen atoms in total. The number of rotatable bonds is 8. The summed E-state index contributed by atoms with van der Waals surface area (Å²) in [7, 11) is 0. The van der Waals surface area contributed by atoms with Gasteiger partial charge in [0.2, 0.25) is 0 Å². The SMILES string of the molecule is CCn1cc(-c2cc(C(F)(F)F)nc3sc(C(N)=O)c(NC(=O)c4ccc(COc5ccc6ccccc6c5)o4)c23)c(C)n1. The van der Waals surface area contributed by atoms with Crippen LogP contribution < -0.4 is 15.8 Å². The van der Waals surface area contributed by atoms with E-state index in [-0.39, 0.29) is 38.7 Å². The molecule has 0 saturated heterocycles. The number of hydrogen-bond donors (Lipinski definition) is 2. The first-order chi connectivity index (χ1) is 21.0. The lowest BCUT2D eigenvalue weighted by Crippen LogP contribution is -2.16. The molecule has 3 N–H and O–H groups in total. The van der Waals surface area contributed by atoms with Gasteiger partial charge in [0.05, 0.1) is 11.4 Å². The predicted molar refractivity (Wildman–Crippen MR) is 160 cm³/mol. The van der Waals surface area contributed by atoms with Gasteiger partial charge in [-0.05, 0) is 60.5 Å². The number of amides is 2. The molecule has 2 amide bonds. The van der Waals surface area contributed by atoms with Gasteiger partial charge in [0.25, 0.3) is 11.8 Å². The van der Waals surface area contributed by atoms with Gasteiger partial charge in [-0.3, -0.25) is 14.3 Å². The molecule has 4 heterocycles. The van der Waals surface area contributed by atoms with Crippen LogP contribution in [0.2, 0.25) is 0 Å². The molecule has 0 radical (unpaired) electrons. The van der Waals surface area contributed by atoms with E-state index in [0.717, 1.165) is 16.8 Å². The fourth-order valence-electron chi connectivity index (χ4n) is 4.86. The summed E-state index contributed by atoms with van der Waals surface area (Å²) in [6, 6.07) is 17.4. The zero-order valence-electron chi connectivity index (χ0n) is 23.4. The van der Waals surface area contributed by atoms with Gasteiger partial charge in [0.15, 0.2) is 5.76 Å². The molecule has 2 aromatic carbocycles. The smallest absolute Gasteiger partial charge is 0.433 e. The quantitative estimate of drug-likeness (QED) is 0.186. The van der Waals surface area contributed by atoms with Crippen LogP contribution in [0.5, 0.6) is 5.75 Å². The second-order valence-electron chi connectivity index (χ2n) is 9.90. The first-order valence-electron chi connectivity index (χ1n) is 13.4. The molecule has 224 valence electrons. The molecule has 4 aromatic heterocycles. The molecule has 0 unspecified atom stereocenters. The summed E-state index contributed by atoms with van der Waals surface area (Å²) in [5, 5.41) is 9.19. The van der Waals surface area contributed by atoms with Gasteiger partial charge in [-0.1, -0.05) is 30.3 Å². The van der Waals surface area contributed by atoms with Crippen LogP contribution in [0, 0.1) is 6.92 Å². The van der Waals surface area contributed by atoms with Crippen molar-refractivity contribution < 1.29 is 31.9 Å². The summed E-state index contributed by atoms with van der Waals surface area (Å²) in [6.07, 6.45) is -3.16. The molecule has 6 aromatic rings. The Morgan fingerprint density at radius 3 is 2.55 bits per heavy atom. The monoisotopic (exact) mass is 619 g/mol. The van der Waals surface area contributed by atoms with Crippen LogP contribution in [0.1, 0.15) is 44.3 Å². The van der Waals surface area contributed by atoms with Crippen LogP contribution in [-0.2, 0) is 19.3 Å². The third kappa shape index (κ3) is 5.49. The summed E-state index contributed by atoms with van der Waals surface area (Å²) >= 11 is 0.660. The van der Waals surface area contributed by atoms with Gasteiger partial charge >= 0.3 is 6.18 Å². The minimum Gasteiger partial charge on any atom is -0.486 e. The molecule has 0 aliphatic rings. The van der Waals surface area contributed by atoms with Crippen molar-refractivity contribution in [2.75, 3.05) is 5.32 Å². The van der Waals surface area contributed by atoms with Gasteiger partial charge in [-0.25, -0.2) is 4.98 Å². The first-order valence-corrected chi connectivity index (χ1v) is 14.2. The van der Waals surface area contributed by atoms with Crippen molar-refractivity contribution in [3.05, 3.63) is 94.6 Å². The van der Waals surface area contributed by atoms with Crippen molar-refractivity contribution in [1.82, 2.24) is 14.8 Å². The molecule has 0 saturated carbocycles. The lowest BCUT2D eigenvalue weighted by atomic mass is 10.0. The number of carbonyl (C=O) groups excluding carboxylic acids is 2. The van der Waals surface area contributed by atoms with Crippen LogP contribution in [-0.4, -0.2) is 26.6 Å². The molecule has 6 rings (SSSR count). The van der Waals surface area contributed by atoms with Crippen molar-refractivity contribution in [3.63, 3.8) is 0 Å². The highest BCUT2D eigenvalue weighted by atomic mass is 32.1. The fraction of sp³-hybridized carbons (Fsp3) is 0.161. The number of furan rings is 1. The minimum atomic E-state index is -4.77. The van der Waals surface area contributed by atoms with Crippen molar-refractivity contribution in [3.8, 4) is 16.9 Å². The van der Waals surface area contributed by atoms with Gasteiger partial charge in [-0.15, -0.1) is 11.3 Å². The minimum absolute atomic E-state index is 0.0362. The molecule has 0 bridgehead atoms. The molecule has 13 heteroatoms. The van der Waals surface area contributed by atoms with E-state index in [2.05, 4.69) is 15.4 Å². The number of carbonyl (C=O) groups is 2. The average Bonchev–Trinajstić information content (AvgIpc) is 3.72. The van der Waals surface area contributed by atoms with Crippen molar-refractivity contribution in [1.29, 1.82) is 0 Å². The normalized spacial score (nSPS) is 11.8. The second kappa shape index (κ2) is 11.2. The van der Waals surface area contributed by atoms with Crippen LogP contribution in [0.4, 0.5) is 18.9 Å². The summed E-state index contributed by atoms with van der Waals surface area (Å²) in [5.74, 6) is -0.813. The van der Waals surface area contributed by atoms with E-state index in [0.29, 0.717) is 40.6 Å². The summed E-state index contributed by atoms with van der Waals surface area (Å²) in [6.45, 7) is 4.01. The number of pyridine rings is 1. The zero-order chi connectivity index (χ0) is 31.2. The lowest BCUT2D eigenvalue weighted by molar-refractivity contribution is -0.140. The van der Waals surface area contributed by atoms with E-state index in [1.54, 1.807) is 23.9 Å². The molecule has 0 atom stereocenters. The van der Waals surface area contributed by atoms with E-state index in [1.165, 1.54) is 6.07 Å². The van der Waals surface area contributed by atoms with E-state index in [9.17, 15) is 22.8 Å². The highest BCUT2D eigenvalue weighted by molar-refractivity contribution is 7.21. The third-order valence-electron chi connectivity index (χ3n) is 6.96. The Kier molecular flexibility index (Phi) is 7.33. The number of primary amides is 1. The number of nitrogens with one attached hydrogen (secondary N) is 1. The van der Waals surface area contributed by atoms with Crippen LogP contribution >= 0.6 is 11.3 Å². The van der Waals surface area contributed by atoms with Gasteiger partial charge in [0, 0.05) is 23.7 Å². The molecular weight excluding hydrogens is 595 g/mol. The van der Waals surface area contributed by atoms with Gasteiger partial charge in [0.1, 0.15) is 33.5 Å². The van der Waals surface area contributed by atoms with Gasteiger partial charge < -0.3 is 20.2 Å². The maximum absolute atomic E-state index is 13.9. The van der Waals surface area contributed by atoms with Crippen molar-refractivity contribution in [2.45, 2.75) is 33.2 Å². The topological polar surface area (TPSA) is 125 Å². The number of ether oxygens (including phenoxy) is 1. The van der Waals surface area contributed by atoms with E-state index >= 15 is 0 Å². The summed E-state index contributed by atoms with van der Waals surface area (Å²) in [5.41, 5.74) is 5.34. The number of halogens is 3. The van der Waals surface area contributed by atoms with Crippen LogP contribution in [0.25, 0.3) is 32.1 Å². The number of nitrogens with zero attached hydrogens (tertiary/aromatic N) is 3. The molecule has 0 spiro atoms. The number of benzene rings is 2. The Hall–Kier alpha value is -5.17.